The Balaban J connectivity index is 2.02. The van der Waals surface area contributed by atoms with Crippen LogP contribution < -0.4 is 4.74 Å². The van der Waals surface area contributed by atoms with Crippen LogP contribution in [0.1, 0.15) is 63.9 Å². The first kappa shape index (κ1) is 16.8. The molecule has 1 N–H and O–H groups in total. The molecule has 1 fully saturated rings. The van der Waals surface area contributed by atoms with E-state index in [1.54, 1.807) is 6.92 Å². The maximum absolute atomic E-state index is 11.6. The van der Waals surface area contributed by atoms with Crippen LogP contribution in [-0.2, 0) is 9.53 Å². The van der Waals surface area contributed by atoms with E-state index in [1.807, 2.05) is 25.1 Å². The monoisotopic (exact) mass is 306 g/mol. The molecule has 2 rings (SSSR count). The minimum Gasteiger partial charge on any atom is -0.452 e. The predicted octanol–water partition coefficient (Wildman–Crippen LogP) is 3.77. The van der Waals surface area contributed by atoms with Crippen molar-refractivity contribution in [1.29, 1.82) is 0 Å². The summed E-state index contributed by atoms with van der Waals surface area (Å²) in [5, 5.41) is 9.77. The number of hydrogen-bond acceptors (Lipinski definition) is 4. The minimum atomic E-state index is -0.960. The van der Waals surface area contributed by atoms with Crippen molar-refractivity contribution >= 4 is 5.97 Å². The van der Waals surface area contributed by atoms with Crippen molar-refractivity contribution in [1.82, 2.24) is 0 Å². The normalized spacial score (nSPS) is 18.0. The Bertz CT molecular complexity index is 478. The zero-order valence-electron chi connectivity index (χ0n) is 13.5. The number of carbonyl (C=O) groups is 1. The first-order valence-electron chi connectivity index (χ1n) is 8.24. The summed E-state index contributed by atoms with van der Waals surface area (Å²) in [4.78, 5) is 11.6. The largest absolute Gasteiger partial charge is 0.452 e. The smallest absolute Gasteiger partial charge is 0.308 e. The van der Waals surface area contributed by atoms with E-state index in [2.05, 4.69) is 6.07 Å². The number of esters is 1. The number of aliphatic hydroxyl groups is 1. The molecule has 0 aromatic heterocycles. The van der Waals surface area contributed by atoms with Gasteiger partial charge in [0.15, 0.2) is 0 Å². The molecule has 0 bridgehead atoms. The van der Waals surface area contributed by atoms with Crippen molar-refractivity contribution in [2.45, 2.75) is 70.7 Å². The van der Waals surface area contributed by atoms with Gasteiger partial charge in [-0.25, -0.2) is 0 Å². The Kier molecular flexibility index (Phi) is 6.25. The summed E-state index contributed by atoms with van der Waals surface area (Å²) in [6.45, 7) is 3.47. The number of aliphatic hydroxyl groups excluding tert-OH is 1. The maximum atomic E-state index is 11.6. The molecule has 4 nitrogen and oxygen atoms in total. The zero-order valence-corrected chi connectivity index (χ0v) is 13.5. The zero-order chi connectivity index (χ0) is 15.9. The average molecular weight is 306 g/mol. The van der Waals surface area contributed by atoms with Gasteiger partial charge in [-0.2, -0.15) is 0 Å². The summed E-state index contributed by atoms with van der Waals surface area (Å²) in [5.74, 6) is 0.885. The molecule has 1 unspecified atom stereocenters. The fourth-order valence-electron chi connectivity index (χ4n) is 2.85. The van der Waals surface area contributed by atoms with Crippen LogP contribution in [-0.4, -0.2) is 23.5 Å². The van der Waals surface area contributed by atoms with Crippen LogP contribution in [0.3, 0.4) is 0 Å². The van der Waals surface area contributed by atoms with Gasteiger partial charge in [0.2, 0.25) is 0 Å². The lowest BCUT2D eigenvalue weighted by Crippen LogP contribution is -2.34. The van der Waals surface area contributed by atoms with E-state index in [0.29, 0.717) is 24.5 Å². The Labute approximate surface area is 132 Å². The number of carbonyl (C=O) groups excluding carboxylic acids is 1. The molecule has 4 heteroatoms. The summed E-state index contributed by atoms with van der Waals surface area (Å²) < 4.78 is 10.9. The molecule has 1 aromatic carbocycles. The van der Waals surface area contributed by atoms with Gasteiger partial charge in [-0.05, 0) is 49.8 Å². The van der Waals surface area contributed by atoms with E-state index >= 15 is 0 Å². The average Bonchev–Trinajstić information content (AvgIpc) is 3.01. The number of rotatable bonds is 7. The number of ether oxygens (including phenoxy) is 2. The lowest BCUT2D eigenvalue weighted by molar-refractivity contribution is -0.178. The highest BCUT2D eigenvalue weighted by Gasteiger charge is 2.22. The van der Waals surface area contributed by atoms with Gasteiger partial charge in [-0.3, -0.25) is 4.79 Å². The molecule has 1 aliphatic rings. The molecule has 1 saturated carbocycles. The topological polar surface area (TPSA) is 55.8 Å². The van der Waals surface area contributed by atoms with Crippen molar-refractivity contribution < 1.29 is 19.4 Å². The Hall–Kier alpha value is -1.55. The molecule has 1 aliphatic carbocycles. The van der Waals surface area contributed by atoms with Crippen molar-refractivity contribution in [3.63, 3.8) is 0 Å². The molecule has 22 heavy (non-hydrogen) atoms. The van der Waals surface area contributed by atoms with Gasteiger partial charge in [0.05, 0.1) is 0 Å². The van der Waals surface area contributed by atoms with Crippen LogP contribution >= 0.6 is 0 Å². The first-order valence-corrected chi connectivity index (χ1v) is 8.24. The van der Waals surface area contributed by atoms with Gasteiger partial charge >= 0.3 is 5.97 Å². The second-order valence-electron chi connectivity index (χ2n) is 6.02. The fraction of sp³-hybridized carbons (Fsp3) is 0.611. The summed E-state index contributed by atoms with van der Waals surface area (Å²) in [6, 6.07) is 7.90. The predicted molar refractivity (Wildman–Crippen MR) is 84.7 cm³/mol. The molecule has 2 atom stereocenters. The van der Waals surface area contributed by atoms with Crippen molar-refractivity contribution in [2.24, 2.45) is 0 Å². The minimum absolute atomic E-state index is 0.328. The van der Waals surface area contributed by atoms with Crippen molar-refractivity contribution in [3.8, 4) is 5.75 Å². The summed E-state index contributed by atoms with van der Waals surface area (Å²) >= 11 is 0. The molecule has 122 valence electrons. The van der Waals surface area contributed by atoms with Gasteiger partial charge in [-0.1, -0.05) is 31.9 Å². The Morgan fingerprint density at radius 3 is 2.73 bits per heavy atom. The van der Waals surface area contributed by atoms with E-state index in [9.17, 15) is 9.90 Å². The van der Waals surface area contributed by atoms with Gasteiger partial charge in [-0.15, -0.1) is 0 Å². The standard InChI is InChI=1S/C18H26O4/c1-3-7-17(20)22-18(13(2)19)21-16-11-6-10-15(12-16)14-8-4-5-9-14/h6,10-14,18-19H,3-5,7-9H2,1-2H3/t13-,18?/m1/s1. The summed E-state index contributed by atoms with van der Waals surface area (Å²) in [5.41, 5.74) is 1.26. The molecule has 1 aromatic rings. The third kappa shape index (κ3) is 4.73. The van der Waals surface area contributed by atoms with Crippen LogP contribution in [0.2, 0.25) is 0 Å². The van der Waals surface area contributed by atoms with E-state index in [-0.39, 0.29) is 5.97 Å². The molecule has 0 saturated heterocycles. The molecular weight excluding hydrogens is 280 g/mol. The van der Waals surface area contributed by atoms with Crippen LogP contribution in [0.4, 0.5) is 0 Å². The molecule has 0 aliphatic heterocycles. The third-order valence-electron chi connectivity index (χ3n) is 4.03. The Morgan fingerprint density at radius 1 is 1.36 bits per heavy atom. The van der Waals surface area contributed by atoms with Gasteiger partial charge in [0.1, 0.15) is 11.9 Å². The SMILES string of the molecule is CCCC(=O)OC(Oc1cccc(C2CCCC2)c1)[C@@H](C)O. The summed E-state index contributed by atoms with van der Waals surface area (Å²) in [7, 11) is 0. The number of benzene rings is 1. The van der Waals surface area contributed by atoms with E-state index < -0.39 is 12.4 Å². The van der Waals surface area contributed by atoms with Gasteiger partial charge in [0.25, 0.3) is 6.29 Å². The van der Waals surface area contributed by atoms with Crippen LogP contribution in [0.5, 0.6) is 5.75 Å². The van der Waals surface area contributed by atoms with Gasteiger partial charge in [0, 0.05) is 6.42 Å². The lowest BCUT2D eigenvalue weighted by atomic mass is 9.98. The second kappa shape index (κ2) is 8.18. The van der Waals surface area contributed by atoms with Crippen molar-refractivity contribution in [3.05, 3.63) is 29.8 Å². The maximum Gasteiger partial charge on any atom is 0.308 e. The second-order valence-corrected chi connectivity index (χ2v) is 6.02. The molecule has 0 spiro atoms. The van der Waals surface area contributed by atoms with E-state index in [1.165, 1.54) is 31.2 Å². The molecule has 0 heterocycles. The molecule has 0 radical (unpaired) electrons. The lowest BCUT2D eigenvalue weighted by Gasteiger charge is -2.22. The Morgan fingerprint density at radius 2 is 2.09 bits per heavy atom. The van der Waals surface area contributed by atoms with E-state index in [0.717, 1.165) is 0 Å². The number of hydrogen-bond donors (Lipinski definition) is 1. The van der Waals surface area contributed by atoms with Crippen LogP contribution in [0, 0.1) is 0 Å². The third-order valence-corrected chi connectivity index (χ3v) is 4.03. The van der Waals surface area contributed by atoms with Crippen LogP contribution in [0.25, 0.3) is 0 Å². The van der Waals surface area contributed by atoms with Crippen LogP contribution in [0.15, 0.2) is 24.3 Å². The highest BCUT2D eigenvalue weighted by atomic mass is 16.7. The van der Waals surface area contributed by atoms with E-state index in [4.69, 9.17) is 9.47 Å². The van der Waals surface area contributed by atoms with Crippen molar-refractivity contribution in [2.75, 3.05) is 0 Å². The summed E-state index contributed by atoms with van der Waals surface area (Å²) in [6.07, 6.45) is 4.19. The quantitative estimate of drug-likeness (QED) is 0.615. The first-order chi connectivity index (χ1) is 10.6. The molecule has 0 amide bonds. The highest BCUT2D eigenvalue weighted by molar-refractivity contribution is 5.69. The fourth-order valence-corrected chi connectivity index (χ4v) is 2.85. The van der Waals surface area contributed by atoms with Gasteiger partial charge < -0.3 is 14.6 Å². The highest BCUT2D eigenvalue weighted by Crippen LogP contribution is 2.35. The molecular formula is C18H26O4.